The van der Waals surface area contributed by atoms with Crippen molar-refractivity contribution in [3.63, 3.8) is 0 Å². The van der Waals surface area contributed by atoms with Gasteiger partial charge in [-0.1, -0.05) is 0 Å². The van der Waals surface area contributed by atoms with E-state index in [0.717, 1.165) is 9.35 Å². The summed E-state index contributed by atoms with van der Waals surface area (Å²) in [6.07, 6.45) is 0.968. The molecule has 1 N–H and O–H groups in total. The summed E-state index contributed by atoms with van der Waals surface area (Å²) in [6, 6.07) is 1.13. The Morgan fingerprint density at radius 3 is 3.00 bits per heavy atom. The molecule has 1 aromatic heterocycles. The van der Waals surface area contributed by atoms with Crippen LogP contribution in [0.2, 0.25) is 0 Å². The third-order valence-electron chi connectivity index (χ3n) is 2.94. The molecule has 0 saturated carbocycles. The highest BCUT2D eigenvalue weighted by Gasteiger charge is 2.32. The minimum atomic E-state index is -1.01. The summed E-state index contributed by atoms with van der Waals surface area (Å²) in [7, 11) is 0. The minimum Gasteiger partial charge on any atom is -0.480 e. The molecule has 5 nitrogen and oxygen atoms in total. The van der Waals surface area contributed by atoms with Gasteiger partial charge in [-0.25, -0.2) is 4.79 Å². The maximum atomic E-state index is 12.1. The molecule has 2 rings (SSSR count). The summed E-state index contributed by atoms with van der Waals surface area (Å²) in [4.78, 5) is 25.7. The Morgan fingerprint density at radius 2 is 2.37 bits per heavy atom. The Morgan fingerprint density at radius 1 is 1.58 bits per heavy atom. The summed E-state index contributed by atoms with van der Waals surface area (Å²) in [5.41, 5.74) is 0. The van der Waals surface area contributed by atoms with Gasteiger partial charge in [-0.3, -0.25) is 4.79 Å². The summed E-state index contributed by atoms with van der Waals surface area (Å²) < 4.78 is 6.12. The largest absolute Gasteiger partial charge is 0.480 e. The number of carboxylic acids is 1. The number of carbonyl (C=O) groups is 2. The molecule has 1 aliphatic heterocycles. The van der Waals surface area contributed by atoms with Gasteiger partial charge in [0.05, 0.1) is 13.2 Å². The smallest absolute Gasteiger partial charge is 0.328 e. The normalized spacial score (nSPS) is 19.4. The number of carbonyl (C=O) groups excluding carboxylic acids is 1. The van der Waals surface area contributed by atoms with Crippen molar-refractivity contribution in [2.75, 3.05) is 19.8 Å². The average molecular weight is 348 g/mol. The van der Waals surface area contributed by atoms with Gasteiger partial charge in [0, 0.05) is 27.7 Å². The molecule has 0 radical (unpaired) electrons. The predicted octanol–water partition coefficient (Wildman–Crippen LogP) is 1.76. The van der Waals surface area contributed by atoms with Crippen LogP contribution in [0, 0.1) is 0 Å². The second-order valence-corrected chi connectivity index (χ2v) is 6.16. The van der Waals surface area contributed by atoms with E-state index in [1.807, 2.05) is 11.4 Å². The molecule has 1 aromatic rings. The second-order valence-electron chi connectivity index (χ2n) is 4.25. The van der Waals surface area contributed by atoms with Crippen molar-refractivity contribution >= 4 is 39.1 Å². The number of aliphatic carboxylic acids is 1. The van der Waals surface area contributed by atoms with Crippen molar-refractivity contribution in [1.29, 1.82) is 0 Å². The molecule has 19 heavy (non-hydrogen) atoms. The van der Waals surface area contributed by atoms with Gasteiger partial charge in [0.15, 0.2) is 6.04 Å². The van der Waals surface area contributed by atoms with Gasteiger partial charge >= 0.3 is 5.97 Å². The number of halogens is 1. The first kappa shape index (κ1) is 14.5. The molecule has 7 heteroatoms. The van der Waals surface area contributed by atoms with E-state index in [4.69, 9.17) is 9.84 Å². The van der Waals surface area contributed by atoms with E-state index in [9.17, 15) is 9.59 Å². The van der Waals surface area contributed by atoms with Gasteiger partial charge in [0.2, 0.25) is 5.91 Å². The lowest BCUT2D eigenvalue weighted by molar-refractivity contribution is -0.158. The number of amides is 1. The van der Waals surface area contributed by atoms with Gasteiger partial charge < -0.3 is 14.7 Å². The van der Waals surface area contributed by atoms with Crippen molar-refractivity contribution in [3.05, 3.63) is 20.8 Å². The van der Waals surface area contributed by atoms with Crippen LogP contribution in [-0.4, -0.2) is 47.7 Å². The van der Waals surface area contributed by atoms with Crippen molar-refractivity contribution in [2.24, 2.45) is 0 Å². The fourth-order valence-electron chi connectivity index (χ4n) is 1.97. The Labute approximate surface area is 123 Å². The molecule has 1 fully saturated rings. The maximum absolute atomic E-state index is 12.1. The van der Waals surface area contributed by atoms with Gasteiger partial charge in [0.1, 0.15) is 0 Å². The third kappa shape index (κ3) is 3.77. The zero-order valence-electron chi connectivity index (χ0n) is 10.2. The van der Waals surface area contributed by atoms with Crippen LogP contribution in [0.1, 0.15) is 11.3 Å². The fraction of sp³-hybridized carbons (Fsp3) is 0.500. The van der Waals surface area contributed by atoms with Crippen LogP contribution in [0.15, 0.2) is 15.9 Å². The fourth-order valence-corrected chi connectivity index (χ4v) is 3.42. The van der Waals surface area contributed by atoms with Crippen LogP contribution >= 0.6 is 27.3 Å². The number of morpholine rings is 1. The molecule has 104 valence electrons. The molecule has 0 aromatic carbocycles. The monoisotopic (exact) mass is 347 g/mol. The lowest BCUT2D eigenvalue weighted by atomic mass is 10.2. The molecule has 2 heterocycles. The zero-order valence-corrected chi connectivity index (χ0v) is 12.6. The molecule has 0 spiro atoms. The molecular weight excluding hydrogens is 334 g/mol. The van der Waals surface area contributed by atoms with Gasteiger partial charge in [-0.2, -0.15) is 0 Å². The predicted molar refractivity (Wildman–Crippen MR) is 74.3 cm³/mol. The first-order chi connectivity index (χ1) is 9.08. The number of carboxylic acid groups (broad SMARTS) is 1. The molecule has 1 aliphatic rings. The highest BCUT2D eigenvalue weighted by molar-refractivity contribution is 9.10. The zero-order chi connectivity index (χ0) is 13.8. The Kier molecular flexibility index (Phi) is 4.95. The number of aryl methyl sites for hydroxylation is 1. The number of hydrogen-bond acceptors (Lipinski definition) is 4. The highest BCUT2D eigenvalue weighted by Crippen LogP contribution is 2.21. The Hall–Kier alpha value is -0.920. The van der Waals surface area contributed by atoms with Crippen molar-refractivity contribution in [2.45, 2.75) is 18.9 Å². The number of rotatable bonds is 4. The lowest BCUT2D eigenvalue weighted by Gasteiger charge is -2.32. The van der Waals surface area contributed by atoms with E-state index in [0.29, 0.717) is 26.0 Å². The SMILES string of the molecule is O=C(O)[C@@H]1COCCN1C(=O)CCc1cc(Br)cs1. The first-order valence-electron chi connectivity index (χ1n) is 5.91. The summed E-state index contributed by atoms with van der Waals surface area (Å²) >= 11 is 4.95. The van der Waals surface area contributed by atoms with E-state index in [1.165, 1.54) is 4.90 Å². The van der Waals surface area contributed by atoms with Crippen molar-refractivity contribution in [1.82, 2.24) is 4.90 Å². The van der Waals surface area contributed by atoms with Crippen LogP contribution in [0.25, 0.3) is 0 Å². The van der Waals surface area contributed by atoms with E-state index in [1.54, 1.807) is 11.3 Å². The molecule has 0 aliphatic carbocycles. The summed E-state index contributed by atoms with van der Waals surface area (Å²) in [6.45, 7) is 0.829. The molecule has 0 unspecified atom stereocenters. The third-order valence-corrected chi connectivity index (χ3v) is 4.70. The van der Waals surface area contributed by atoms with Gasteiger partial charge in [-0.05, 0) is 28.4 Å². The summed E-state index contributed by atoms with van der Waals surface area (Å²) in [5.74, 6) is -1.13. The van der Waals surface area contributed by atoms with Crippen molar-refractivity contribution < 1.29 is 19.4 Å². The lowest BCUT2D eigenvalue weighted by Crippen LogP contribution is -2.52. The van der Waals surface area contributed by atoms with Crippen LogP contribution in [-0.2, 0) is 20.7 Å². The standard InChI is InChI=1S/C12H14BrNO4S/c13-8-5-9(19-7-8)1-2-11(15)14-3-4-18-6-10(14)12(16)17/h5,7,10H,1-4,6H2,(H,16,17)/t10-/m0/s1. The van der Waals surface area contributed by atoms with E-state index in [2.05, 4.69) is 15.9 Å². The van der Waals surface area contributed by atoms with Crippen LogP contribution < -0.4 is 0 Å². The Balaban J connectivity index is 1.92. The Bertz CT molecular complexity index is 476. The number of thiophene rings is 1. The molecule has 1 saturated heterocycles. The first-order valence-corrected chi connectivity index (χ1v) is 7.58. The van der Waals surface area contributed by atoms with Crippen molar-refractivity contribution in [3.8, 4) is 0 Å². The second kappa shape index (κ2) is 6.49. The van der Waals surface area contributed by atoms with E-state index in [-0.39, 0.29) is 12.5 Å². The van der Waals surface area contributed by atoms with E-state index < -0.39 is 12.0 Å². The molecule has 0 bridgehead atoms. The quantitative estimate of drug-likeness (QED) is 0.900. The highest BCUT2D eigenvalue weighted by atomic mass is 79.9. The average Bonchev–Trinajstić information content (AvgIpc) is 2.81. The molecule has 1 amide bonds. The summed E-state index contributed by atoms with van der Waals surface area (Å²) in [5, 5.41) is 11.0. The van der Waals surface area contributed by atoms with Gasteiger partial charge in [-0.15, -0.1) is 11.3 Å². The molecular formula is C12H14BrNO4S. The number of ether oxygens (including phenoxy) is 1. The van der Waals surface area contributed by atoms with Crippen LogP contribution in [0.4, 0.5) is 0 Å². The topological polar surface area (TPSA) is 66.8 Å². The van der Waals surface area contributed by atoms with E-state index >= 15 is 0 Å². The molecule has 1 atom stereocenters. The minimum absolute atomic E-state index is 0.0750. The maximum Gasteiger partial charge on any atom is 0.328 e. The van der Waals surface area contributed by atoms with Gasteiger partial charge in [0.25, 0.3) is 0 Å². The van der Waals surface area contributed by atoms with Crippen LogP contribution in [0.3, 0.4) is 0 Å². The number of hydrogen-bond donors (Lipinski definition) is 1. The number of nitrogens with zero attached hydrogens (tertiary/aromatic N) is 1. The van der Waals surface area contributed by atoms with Crippen LogP contribution in [0.5, 0.6) is 0 Å².